The highest BCUT2D eigenvalue weighted by molar-refractivity contribution is 6.40. The number of H-pyrrole nitrogens is 1. The van der Waals surface area contributed by atoms with E-state index in [1.807, 2.05) is 20.8 Å². The second-order valence-corrected chi connectivity index (χ2v) is 6.29. The largest absolute Gasteiger partial charge is 0.444 e. The highest BCUT2D eigenvalue weighted by atomic mass is 35.5. The Kier molecular flexibility index (Phi) is 3.97. The Morgan fingerprint density at radius 2 is 2.16 bits per heavy atom. The van der Waals surface area contributed by atoms with Crippen molar-refractivity contribution in [1.82, 2.24) is 14.9 Å². The van der Waals surface area contributed by atoms with Gasteiger partial charge in [-0.2, -0.15) is 0 Å². The molecule has 0 aromatic carbocycles. The summed E-state index contributed by atoms with van der Waals surface area (Å²) in [7, 11) is 0. The summed E-state index contributed by atoms with van der Waals surface area (Å²) in [5.41, 5.74) is -0.511. The normalized spacial score (nSPS) is 19.8. The first-order valence-corrected chi connectivity index (χ1v) is 6.94. The van der Waals surface area contributed by atoms with E-state index in [9.17, 15) is 4.79 Å². The number of ether oxygens (including phenoxy) is 1. The van der Waals surface area contributed by atoms with E-state index in [1.165, 1.54) is 0 Å². The second kappa shape index (κ2) is 5.21. The van der Waals surface area contributed by atoms with Crippen molar-refractivity contribution >= 4 is 29.3 Å². The predicted molar refractivity (Wildman–Crippen MR) is 73.5 cm³/mol. The molecule has 7 heteroatoms. The Hall–Kier alpha value is -0.940. The van der Waals surface area contributed by atoms with E-state index in [4.69, 9.17) is 27.9 Å². The van der Waals surface area contributed by atoms with Crippen LogP contribution < -0.4 is 0 Å². The van der Waals surface area contributed by atoms with Crippen LogP contribution in [0.1, 0.15) is 45.5 Å². The molecule has 1 aromatic heterocycles. The van der Waals surface area contributed by atoms with Crippen LogP contribution in [0.5, 0.6) is 0 Å². The summed E-state index contributed by atoms with van der Waals surface area (Å²) in [6, 6.07) is -0.153. The minimum absolute atomic E-state index is 0.153. The topological polar surface area (TPSA) is 58.2 Å². The molecule has 1 atom stereocenters. The first-order chi connectivity index (χ1) is 8.78. The van der Waals surface area contributed by atoms with Gasteiger partial charge >= 0.3 is 6.09 Å². The van der Waals surface area contributed by atoms with Crippen molar-refractivity contribution in [3.8, 4) is 0 Å². The third-order valence-corrected chi connectivity index (χ3v) is 3.48. The van der Waals surface area contributed by atoms with Gasteiger partial charge in [0.1, 0.15) is 16.6 Å². The van der Waals surface area contributed by atoms with Crippen molar-refractivity contribution in [2.45, 2.75) is 45.3 Å². The van der Waals surface area contributed by atoms with Crippen molar-refractivity contribution in [3.63, 3.8) is 0 Å². The van der Waals surface area contributed by atoms with Crippen molar-refractivity contribution in [3.05, 3.63) is 16.1 Å². The number of carbonyl (C=O) groups is 1. The number of imidazole rings is 1. The van der Waals surface area contributed by atoms with Gasteiger partial charge in [-0.1, -0.05) is 23.2 Å². The van der Waals surface area contributed by atoms with Gasteiger partial charge in [0.05, 0.1) is 6.04 Å². The Morgan fingerprint density at radius 3 is 2.68 bits per heavy atom. The lowest BCUT2D eigenvalue weighted by Gasteiger charge is -2.27. The minimum atomic E-state index is -0.511. The predicted octanol–water partition coefficient (Wildman–Crippen LogP) is 3.79. The summed E-state index contributed by atoms with van der Waals surface area (Å²) in [6.07, 6.45) is 1.39. The molecule has 0 radical (unpaired) electrons. The van der Waals surface area contributed by atoms with E-state index in [0.717, 1.165) is 12.8 Å². The first-order valence-electron chi connectivity index (χ1n) is 6.18. The third-order valence-electron chi connectivity index (χ3n) is 2.83. The van der Waals surface area contributed by atoms with Crippen LogP contribution in [0.3, 0.4) is 0 Å². The smallest absolute Gasteiger partial charge is 0.410 e. The Morgan fingerprint density at radius 1 is 1.47 bits per heavy atom. The number of rotatable bonds is 1. The summed E-state index contributed by atoms with van der Waals surface area (Å²) in [5, 5.41) is 0.528. The molecule has 0 bridgehead atoms. The molecule has 1 saturated heterocycles. The summed E-state index contributed by atoms with van der Waals surface area (Å²) in [6.45, 7) is 6.18. The maximum Gasteiger partial charge on any atom is 0.410 e. The molecule has 1 amide bonds. The van der Waals surface area contributed by atoms with Gasteiger partial charge in [-0.15, -0.1) is 0 Å². The van der Waals surface area contributed by atoms with Crippen LogP contribution in [-0.2, 0) is 4.74 Å². The lowest BCUT2D eigenvalue weighted by Crippen LogP contribution is -2.36. The van der Waals surface area contributed by atoms with Gasteiger partial charge in [0.15, 0.2) is 5.15 Å². The number of nitrogens with zero attached hydrogens (tertiary/aromatic N) is 2. The minimum Gasteiger partial charge on any atom is -0.444 e. The van der Waals surface area contributed by atoms with Crippen LogP contribution in [0.4, 0.5) is 4.79 Å². The number of nitrogens with one attached hydrogen (secondary N) is 1. The molecule has 1 aromatic rings. The summed E-state index contributed by atoms with van der Waals surface area (Å²) in [4.78, 5) is 20.9. The molecule has 0 aliphatic carbocycles. The molecule has 1 aliphatic heterocycles. The zero-order valence-corrected chi connectivity index (χ0v) is 12.7. The molecular formula is C12H17Cl2N3O2. The fourth-order valence-electron chi connectivity index (χ4n) is 2.09. The van der Waals surface area contributed by atoms with E-state index in [1.54, 1.807) is 4.90 Å². The number of hydrogen-bond donors (Lipinski definition) is 1. The van der Waals surface area contributed by atoms with Crippen LogP contribution in [0.25, 0.3) is 0 Å². The molecule has 2 heterocycles. The van der Waals surface area contributed by atoms with Crippen molar-refractivity contribution in [2.75, 3.05) is 6.54 Å². The lowest BCUT2D eigenvalue weighted by molar-refractivity contribution is 0.0218. The van der Waals surface area contributed by atoms with E-state index in [2.05, 4.69) is 9.97 Å². The summed E-state index contributed by atoms with van der Waals surface area (Å²) < 4.78 is 5.39. The van der Waals surface area contributed by atoms with E-state index in [0.29, 0.717) is 17.5 Å². The fourth-order valence-corrected chi connectivity index (χ4v) is 2.37. The molecule has 1 fully saturated rings. The van der Waals surface area contributed by atoms with Crippen LogP contribution in [-0.4, -0.2) is 33.1 Å². The molecule has 1 N–H and O–H groups in total. The van der Waals surface area contributed by atoms with E-state index >= 15 is 0 Å². The zero-order valence-electron chi connectivity index (χ0n) is 11.2. The Labute approximate surface area is 122 Å². The quantitative estimate of drug-likeness (QED) is 0.858. The molecule has 2 rings (SSSR count). The maximum absolute atomic E-state index is 12.1. The van der Waals surface area contributed by atoms with Gasteiger partial charge in [-0.3, -0.25) is 4.90 Å². The molecule has 0 spiro atoms. The SMILES string of the molecule is CC(C)(C)OC(=O)N1CCC[C@H]1c1nc(Cl)c(Cl)[nH]1. The van der Waals surface area contributed by atoms with Crippen LogP contribution >= 0.6 is 23.2 Å². The van der Waals surface area contributed by atoms with Gasteiger partial charge in [0, 0.05) is 6.54 Å². The number of carbonyl (C=O) groups excluding carboxylic acids is 1. The highest BCUT2D eigenvalue weighted by Crippen LogP contribution is 2.33. The van der Waals surface area contributed by atoms with Crippen LogP contribution in [0, 0.1) is 0 Å². The highest BCUT2D eigenvalue weighted by Gasteiger charge is 2.35. The number of aromatic nitrogens is 2. The molecule has 1 aliphatic rings. The molecular weight excluding hydrogens is 289 g/mol. The van der Waals surface area contributed by atoms with Gasteiger partial charge in [0.25, 0.3) is 0 Å². The average Bonchev–Trinajstić information content (AvgIpc) is 2.83. The van der Waals surface area contributed by atoms with Crippen molar-refractivity contribution in [2.24, 2.45) is 0 Å². The standard InChI is InChI=1S/C12H17Cl2N3O2/c1-12(2,3)19-11(18)17-6-4-5-7(17)10-15-8(13)9(14)16-10/h7H,4-6H2,1-3H3,(H,15,16)/t7-/m0/s1. The summed E-state index contributed by atoms with van der Waals surface area (Å²) >= 11 is 11.7. The number of halogens is 2. The molecule has 0 unspecified atom stereocenters. The van der Waals surface area contributed by atoms with Gasteiger partial charge < -0.3 is 9.72 Å². The fraction of sp³-hybridized carbons (Fsp3) is 0.667. The monoisotopic (exact) mass is 305 g/mol. The number of hydrogen-bond acceptors (Lipinski definition) is 3. The Bertz CT molecular complexity index is 462. The van der Waals surface area contributed by atoms with Gasteiger partial charge in [0.2, 0.25) is 0 Å². The number of likely N-dealkylation sites (tertiary alicyclic amines) is 1. The van der Waals surface area contributed by atoms with Crippen LogP contribution in [0.15, 0.2) is 0 Å². The Balaban J connectivity index is 2.15. The molecule has 106 valence electrons. The molecule has 0 saturated carbocycles. The van der Waals surface area contributed by atoms with Crippen molar-refractivity contribution in [1.29, 1.82) is 0 Å². The van der Waals surface area contributed by atoms with E-state index in [-0.39, 0.29) is 17.3 Å². The zero-order chi connectivity index (χ0) is 14.2. The maximum atomic E-state index is 12.1. The summed E-state index contributed by atoms with van der Waals surface area (Å²) in [5.74, 6) is 0.610. The number of aromatic amines is 1. The number of amides is 1. The van der Waals surface area contributed by atoms with Gasteiger partial charge in [-0.05, 0) is 33.6 Å². The van der Waals surface area contributed by atoms with Crippen molar-refractivity contribution < 1.29 is 9.53 Å². The molecule has 19 heavy (non-hydrogen) atoms. The van der Waals surface area contributed by atoms with Crippen LogP contribution in [0.2, 0.25) is 10.3 Å². The first kappa shape index (κ1) is 14.5. The average molecular weight is 306 g/mol. The van der Waals surface area contributed by atoms with Gasteiger partial charge in [-0.25, -0.2) is 9.78 Å². The van der Waals surface area contributed by atoms with E-state index < -0.39 is 5.60 Å². The molecule has 5 nitrogen and oxygen atoms in total. The lowest BCUT2D eigenvalue weighted by atomic mass is 10.2. The second-order valence-electron chi connectivity index (χ2n) is 5.56. The third kappa shape index (κ3) is 3.34.